The van der Waals surface area contributed by atoms with Crippen molar-refractivity contribution in [3.63, 3.8) is 0 Å². The number of piperazine rings is 1. The van der Waals surface area contributed by atoms with Gasteiger partial charge in [0.1, 0.15) is 12.6 Å². The Hall–Kier alpha value is -2.65. The maximum Gasteiger partial charge on any atom is 0.249 e. The van der Waals surface area contributed by atoms with Gasteiger partial charge in [-0.15, -0.1) is 0 Å². The van der Waals surface area contributed by atoms with Crippen LogP contribution in [0.2, 0.25) is 0 Å². The maximum atomic E-state index is 12.4. The molecule has 0 spiro atoms. The highest BCUT2D eigenvalue weighted by atomic mass is 16.3. The number of aliphatic hydroxyl groups is 1. The number of piperidine rings is 2. The number of carbonyl (C=O) groups excluding carboxylic acids is 3. The van der Waals surface area contributed by atoms with E-state index >= 15 is 0 Å². The molecular formula is C25H35N5O4. The predicted molar refractivity (Wildman–Crippen MR) is 129 cm³/mol. The highest BCUT2D eigenvalue weighted by molar-refractivity contribution is 6.02. The van der Waals surface area contributed by atoms with Gasteiger partial charge in [-0.3, -0.25) is 24.6 Å². The van der Waals surface area contributed by atoms with Gasteiger partial charge in [0, 0.05) is 75.7 Å². The lowest BCUT2D eigenvalue weighted by atomic mass is 9.96. The number of amides is 3. The highest BCUT2D eigenvalue weighted by Gasteiger charge is 2.36. The van der Waals surface area contributed by atoms with E-state index in [1.165, 1.54) is 11.3 Å². The van der Waals surface area contributed by atoms with Crippen molar-refractivity contribution >= 4 is 29.1 Å². The van der Waals surface area contributed by atoms with Gasteiger partial charge in [-0.05, 0) is 43.7 Å². The topological polar surface area (TPSA) is 96.4 Å². The molecule has 3 amide bonds. The van der Waals surface area contributed by atoms with Crippen LogP contribution in [0.5, 0.6) is 0 Å². The number of nitrogens with one attached hydrogen (secondary N) is 1. The quantitative estimate of drug-likeness (QED) is 0.595. The molecule has 9 nitrogen and oxygen atoms in total. The summed E-state index contributed by atoms with van der Waals surface area (Å²) >= 11 is 0. The Morgan fingerprint density at radius 2 is 1.68 bits per heavy atom. The van der Waals surface area contributed by atoms with Crippen molar-refractivity contribution < 1.29 is 19.5 Å². The lowest BCUT2D eigenvalue weighted by molar-refractivity contribution is -0.136. The molecule has 4 aliphatic heterocycles. The molecule has 0 bridgehead atoms. The molecule has 1 aromatic carbocycles. The van der Waals surface area contributed by atoms with Gasteiger partial charge in [0.15, 0.2) is 0 Å². The second-order valence-corrected chi connectivity index (χ2v) is 9.96. The van der Waals surface area contributed by atoms with Crippen LogP contribution < -0.4 is 15.1 Å². The van der Waals surface area contributed by atoms with E-state index in [0.29, 0.717) is 18.8 Å². The molecule has 0 aliphatic carbocycles. The first kappa shape index (κ1) is 23.1. The van der Waals surface area contributed by atoms with Gasteiger partial charge in [0.2, 0.25) is 17.7 Å². The molecule has 1 unspecified atom stereocenters. The second kappa shape index (κ2) is 9.92. The standard InChI is InChI=1S/C25H35N5O4/c31-17-24(33)29-9-6-18(7-10-29)16-27-12-14-28(15-13-27)20-2-1-3-21-19(20)8-11-30(21)22-4-5-23(32)26-25(22)34/h1-3,18,22,31H,4-17H2,(H,26,32,34). The van der Waals surface area contributed by atoms with Crippen molar-refractivity contribution in [1.29, 1.82) is 0 Å². The molecule has 1 atom stereocenters. The minimum atomic E-state index is -0.388. The van der Waals surface area contributed by atoms with Crippen LogP contribution in [-0.4, -0.2) is 97.6 Å². The molecule has 0 saturated carbocycles. The lowest BCUT2D eigenvalue weighted by Crippen LogP contribution is -2.52. The van der Waals surface area contributed by atoms with Gasteiger partial charge in [-0.1, -0.05) is 6.07 Å². The average molecular weight is 470 g/mol. The van der Waals surface area contributed by atoms with Crippen molar-refractivity contribution in [3.05, 3.63) is 23.8 Å². The summed E-state index contributed by atoms with van der Waals surface area (Å²) in [5.41, 5.74) is 3.74. The van der Waals surface area contributed by atoms with Gasteiger partial charge < -0.3 is 19.8 Å². The first-order valence-corrected chi connectivity index (χ1v) is 12.6. The van der Waals surface area contributed by atoms with Crippen LogP contribution in [0.4, 0.5) is 11.4 Å². The zero-order valence-corrected chi connectivity index (χ0v) is 19.7. The minimum Gasteiger partial charge on any atom is -0.387 e. The fourth-order valence-corrected chi connectivity index (χ4v) is 6.04. The normalized spacial score (nSPS) is 24.4. The molecule has 1 aromatic rings. The Bertz CT molecular complexity index is 937. The number of hydrogen-bond acceptors (Lipinski definition) is 7. The summed E-state index contributed by atoms with van der Waals surface area (Å²) in [5.74, 6) is 0.113. The maximum absolute atomic E-state index is 12.4. The largest absolute Gasteiger partial charge is 0.387 e. The SMILES string of the molecule is O=C1CCC(N2CCc3c(N4CCN(CC5CCN(C(=O)CO)CC5)CC4)cccc32)C(=O)N1. The van der Waals surface area contributed by atoms with E-state index in [-0.39, 0.29) is 30.4 Å². The minimum absolute atomic E-state index is 0.154. The van der Waals surface area contributed by atoms with E-state index in [9.17, 15) is 14.4 Å². The van der Waals surface area contributed by atoms with E-state index in [2.05, 4.69) is 38.2 Å². The number of imide groups is 1. The molecule has 4 aliphatic rings. The van der Waals surface area contributed by atoms with Crippen LogP contribution in [0, 0.1) is 5.92 Å². The Kier molecular flexibility index (Phi) is 6.74. The molecule has 2 N–H and O–H groups in total. The van der Waals surface area contributed by atoms with Crippen LogP contribution in [0.25, 0.3) is 0 Å². The monoisotopic (exact) mass is 469 g/mol. The third-order valence-corrected chi connectivity index (χ3v) is 7.96. The molecule has 5 rings (SSSR count). The van der Waals surface area contributed by atoms with E-state index in [0.717, 1.165) is 77.3 Å². The summed E-state index contributed by atoms with van der Waals surface area (Å²) in [7, 11) is 0. The third-order valence-electron chi connectivity index (χ3n) is 7.96. The van der Waals surface area contributed by atoms with Crippen molar-refractivity contribution in [2.45, 2.75) is 38.1 Å². The molecular weight excluding hydrogens is 434 g/mol. The van der Waals surface area contributed by atoms with E-state index < -0.39 is 0 Å². The Labute approximate surface area is 200 Å². The summed E-state index contributed by atoms with van der Waals surface area (Å²) < 4.78 is 0. The Morgan fingerprint density at radius 3 is 2.38 bits per heavy atom. The number of likely N-dealkylation sites (tertiary alicyclic amines) is 1. The molecule has 0 aromatic heterocycles. The predicted octanol–water partition coefficient (Wildman–Crippen LogP) is 0.207. The molecule has 9 heteroatoms. The number of fused-ring (bicyclic) bond motifs is 1. The van der Waals surface area contributed by atoms with Crippen molar-refractivity contribution in [2.24, 2.45) is 5.92 Å². The van der Waals surface area contributed by atoms with Crippen molar-refractivity contribution in [1.82, 2.24) is 15.1 Å². The van der Waals surface area contributed by atoms with E-state index in [1.54, 1.807) is 4.90 Å². The molecule has 3 fully saturated rings. The number of anilines is 2. The molecule has 0 radical (unpaired) electrons. The number of benzene rings is 1. The summed E-state index contributed by atoms with van der Waals surface area (Å²) in [5, 5.41) is 11.6. The Morgan fingerprint density at radius 1 is 0.941 bits per heavy atom. The fourth-order valence-electron chi connectivity index (χ4n) is 6.04. The van der Waals surface area contributed by atoms with Gasteiger partial charge in [0.05, 0.1) is 0 Å². The number of carbonyl (C=O) groups is 3. The zero-order chi connectivity index (χ0) is 23.7. The van der Waals surface area contributed by atoms with Crippen LogP contribution in [0.1, 0.15) is 31.2 Å². The van der Waals surface area contributed by atoms with Crippen LogP contribution >= 0.6 is 0 Å². The smallest absolute Gasteiger partial charge is 0.249 e. The average Bonchev–Trinajstić information content (AvgIpc) is 3.29. The number of hydrogen-bond donors (Lipinski definition) is 2. The summed E-state index contributed by atoms with van der Waals surface area (Å²) in [6, 6.07) is 6.15. The van der Waals surface area contributed by atoms with Gasteiger partial charge in [0.25, 0.3) is 0 Å². The van der Waals surface area contributed by atoms with Gasteiger partial charge >= 0.3 is 0 Å². The summed E-state index contributed by atoms with van der Waals surface area (Å²) in [4.78, 5) is 44.7. The van der Waals surface area contributed by atoms with Crippen molar-refractivity contribution in [3.8, 4) is 0 Å². The molecule has 184 valence electrons. The van der Waals surface area contributed by atoms with Gasteiger partial charge in [-0.2, -0.15) is 0 Å². The second-order valence-electron chi connectivity index (χ2n) is 9.96. The number of aliphatic hydroxyl groups excluding tert-OH is 1. The summed E-state index contributed by atoms with van der Waals surface area (Å²) in [6.07, 6.45) is 3.93. The molecule has 3 saturated heterocycles. The van der Waals surface area contributed by atoms with Crippen LogP contribution in [-0.2, 0) is 20.8 Å². The highest BCUT2D eigenvalue weighted by Crippen LogP contribution is 2.38. The Balaban J connectivity index is 1.17. The summed E-state index contributed by atoms with van der Waals surface area (Å²) in [6.45, 7) is 7.02. The first-order chi connectivity index (χ1) is 16.5. The van der Waals surface area contributed by atoms with Crippen molar-refractivity contribution in [2.75, 3.05) is 68.8 Å². The number of nitrogens with zero attached hydrogens (tertiary/aromatic N) is 4. The van der Waals surface area contributed by atoms with E-state index in [4.69, 9.17) is 5.11 Å². The fraction of sp³-hybridized carbons (Fsp3) is 0.640. The number of rotatable bonds is 5. The van der Waals surface area contributed by atoms with E-state index in [1.807, 2.05) is 0 Å². The van der Waals surface area contributed by atoms with Gasteiger partial charge in [-0.25, -0.2) is 0 Å². The molecule has 34 heavy (non-hydrogen) atoms. The third kappa shape index (κ3) is 4.63. The first-order valence-electron chi connectivity index (χ1n) is 12.6. The molecule has 4 heterocycles. The van der Waals surface area contributed by atoms with Crippen LogP contribution in [0.3, 0.4) is 0 Å². The lowest BCUT2D eigenvalue weighted by Gasteiger charge is -2.40. The van der Waals surface area contributed by atoms with Crippen LogP contribution in [0.15, 0.2) is 18.2 Å². The zero-order valence-electron chi connectivity index (χ0n) is 19.7.